The molecule has 1 unspecified atom stereocenters. The van der Waals surface area contributed by atoms with Crippen LogP contribution in [-0.4, -0.2) is 24.9 Å². The smallest absolute Gasteiger partial charge is 0.164 e. The van der Waals surface area contributed by atoms with Crippen molar-refractivity contribution >= 4 is 0 Å². The van der Waals surface area contributed by atoms with E-state index in [1.165, 1.54) is 0 Å². The van der Waals surface area contributed by atoms with Gasteiger partial charge >= 0.3 is 0 Å². The second kappa shape index (κ2) is 5.38. The third-order valence-electron chi connectivity index (χ3n) is 3.00. The SMILES string of the molecule is CCc1c(C(O)CCN)ccc2c1OCCO2. The van der Waals surface area contributed by atoms with Crippen molar-refractivity contribution in [1.82, 2.24) is 0 Å². The first-order valence-corrected chi connectivity index (χ1v) is 6.07. The standard InChI is InChI=1S/C13H19NO3/c1-2-9-10(11(15)5-6-14)3-4-12-13(9)17-8-7-16-12/h3-4,11,15H,2,5-8,14H2,1H3. The van der Waals surface area contributed by atoms with Crippen molar-refractivity contribution in [2.75, 3.05) is 19.8 Å². The number of nitrogens with two attached hydrogens (primary N) is 1. The first-order chi connectivity index (χ1) is 8.27. The van der Waals surface area contributed by atoms with Crippen LogP contribution in [0.5, 0.6) is 11.5 Å². The van der Waals surface area contributed by atoms with Crippen molar-refractivity contribution in [3.05, 3.63) is 23.3 Å². The first kappa shape index (κ1) is 12.2. The fraction of sp³-hybridized carbons (Fsp3) is 0.538. The molecule has 1 aromatic rings. The van der Waals surface area contributed by atoms with Gasteiger partial charge in [0.15, 0.2) is 11.5 Å². The minimum absolute atomic E-state index is 0.471. The minimum Gasteiger partial charge on any atom is -0.486 e. The summed E-state index contributed by atoms with van der Waals surface area (Å²) >= 11 is 0. The van der Waals surface area contributed by atoms with Gasteiger partial charge in [-0.25, -0.2) is 0 Å². The summed E-state index contributed by atoms with van der Waals surface area (Å²) in [6.45, 7) is 3.67. The lowest BCUT2D eigenvalue weighted by Crippen LogP contribution is -2.18. The Kier molecular flexibility index (Phi) is 3.86. The number of hydrogen-bond donors (Lipinski definition) is 2. The highest BCUT2D eigenvalue weighted by atomic mass is 16.6. The number of fused-ring (bicyclic) bond motifs is 1. The van der Waals surface area contributed by atoms with Crippen molar-refractivity contribution < 1.29 is 14.6 Å². The molecule has 17 heavy (non-hydrogen) atoms. The van der Waals surface area contributed by atoms with E-state index in [0.717, 1.165) is 29.0 Å². The van der Waals surface area contributed by atoms with Crippen LogP contribution in [0.1, 0.15) is 30.6 Å². The molecule has 0 saturated carbocycles. The second-order valence-corrected chi connectivity index (χ2v) is 4.10. The van der Waals surface area contributed by atoms with E-state index in [1.54, 1.807) is 0 Å². The van der Waals surface area contributed by atoms with Gasteiger partial charge in [-0.3, -0.25) is 0 Å². The normalized spacial score (nSPS) is 15.7. The molecule has 1 aliphatic rings. The molecule has 0 aliphatic carbocycles. The van der Waals surface area contributed by atoms with Crippen molar-refractivity contribution in [3.8, 4) is 11.5 Å². The number of benzene rings is 1. The highest BCUT2D eigenvalue weighted by Gasteiger charge is 2.21. The largest absolute Gasteiger partial charge is 0.486 e. The highest BCUT2D eigenvalue weighted by molar-refractivity contribution is 5.52. The van der Waals surface area contributed by atoms with Crippen molar-refractivity contribution in [2.24, 2.45) is 5.73 Å². The van der Waals surface area contributed by atoms with Gasteiger partial charge in [-0.05, 0) is 31.0 Å². The molecule has 3 N–H and O–H groups in total. The molecule has 94 valence electrons. The molecular weight excluding hydrogens is 218 g/mol. The zero-order valence-electron chi connectivity index (χ0n) is 10.1. The Morgan fingerprint density at radius 1 is 1.35 bits per heavy atom. The molecule has 1 aliphatic heterocycles. The minimum atomic E-state index is -0.522. The molecule has 0 bridgehead atoms. The Balaban J connectivity index is 2.39. The maximum Gasteiger partial charge on any atom is 0.164 e. The Labute approximate surface area is 101 Å². The highest BCUT2D eigenvalue weighted by Crippen LogP contribution is 2.38. The van der Waals surface area contributed by atoms with E-state index in [4.69, 9.17) is 15.2 Å². The van der Waals surface area contributed by atoms with Gasteiger partial charge in [-0.1, -0.05) is 13.0 Å². The predicted octanol–water partition coefficient (Wildman–Crippen LogP) is 1.40. The molecule has 1 atom stereocenters. The van der Waals surface area contributed by atoms with Crippen LogP contribution >= 0.6 is 0 Å². The summed E-state index contributed by atoms with van der Waals surface area (Å²) < 4.78 is 11.2. The van der Waals surface area contributed by atoms with Gasteiger partial charge in [0, 0.05) is 5.56 Å². The van der Waals surface area contributed by atoms with Crippen LogP contribution in [0.4, 0.5) is 0 Å². The maximum absolute atomic E-state index is 10.1. The lowest BCUT2D eigenvalue weighted by Gasteiger charge is -2.24. The molecule has 1 aromatic carbocycles. The zero-order chi connectivity index (χ0) is 12.3. The summed E-state index contributed by atoms with van der Waals surface area (Å²) in [7, 11) is 0. The van der Waals surface area contributed by atoms with E-state index in [-0.39, 0.29) is 0 Å². The van der Waals surface area contributed by atoms with E-state index in [9.17, 15) is 5.11 Å². The lowest BCUT2D eigenvalue weighted by atomic mass is 9.97. The van der Waals surface area contributed by atoms with Crippen molar-refractivity contribution in [2.45, 2.75) is 25.9 Å². The topological polar surface area (TPSA) is 64.7 Å². The van der Waals surface area contributed by atoms with Crippen LogP contribution in [0.2, 0.25) is 0 Å². The molecule has 4 heteroatoms. The average molecular weight is 237 g/mol. The summed E-state index contributed by atoms with van der Waals surface area (Å²) in [6, 6.07) is 3.77. The van der Waals surface area contributed by atoms with Crippen LogP contribution in [0, 0.1) is 0 Å². The third kappa shape index (κ3) is 2.37. The molecule has 0 saturated heterocycles. The molecule has 0 spiro atoms. The summed E-state index contributed by atoms with van der Waals surface area (Å²) in [6.07, 6.45) is 0.849. The molecule has 2 rings (SSSR count). The monoisotopic (exact) mass is 237 g/mol. The summed E-state index contributed by atoms with van der Waals surface area (Å²) in [5.41, 5.74) is 7.42. The number of aliphatic hydroxyl groups is 1. The van der Waals surface area contributed by atoms with E-state index in [1.807, 2.05) is 19.1 Å². The van der Waals surface area contributed by atoms with Gasteiger partial charge in [-0.15, -0.1) is 0 Å². The number of aliphatic hydroxyl groups excluding tert-OH is 1. The summed E-state index contributed by atoms with van der Waals surface area (Å²) in [5, 5.41) is 10.1. The van der Waals surface area contributed by atoms with E-state index < -0.39 is 6.10 Å². The van der Waals surface area contributed by atoms with Gasteiger partial charge in [0.1, 0.15) is 13.2 Å². The van der Waals surface area contributed by atoms with E-state index in [2.05, 4.69) is 0 Å². The van der Waals surface area contributed by atoms with Crippen molar-refractivity contribution in [3.63, 3.8) is 0 Å². The maximum atomic E-state index is 10.1. The molecular formula is C13H19NO3. The Morgan fingerprint density at radius 3 is 2.82 bits per heavy atom. The van der Waals surface area contributed by atoms with Crippen LogP contribution in [0.3, 0.4) is 0 Å². The molecule has 0 amide bonds. The zero-order valence-corrected chi connectivity index (χ0v) is 10.1. The van der Waals surface area contributed by atoms with Crippen LogP contribution in [0.25, 0.3) is 0 Å². The fourth-order valence-electron chi connectivity index (χ4n) is 2.18. The van der Waals surface area contributed by atoms with Gasteiger partial charge in [0.25, 0.3) is 0 Å². The molecule has 0 fully saturated rings. The predicted molar refractivity (Wildman–Crippen MR) is 65.4 cm³/mol. The number of rotatable bonds is 4. The van der Waals surface area contributed by atoms with Crippen LogP contribution < -0.4 is 15.2 Å². The fourth-order valence-corrected chi connectivity index (χ4v) is 2.18. The van der Waals surface area contributed by atoms with Crippen molar-refractivity contribution in [1.29, 1.82) is 0 Å². The van der Waals surface area contributed by atoms with E-state index in [0.29, 0.717) is 26.2 Å². The van der Waals surface area contributed by atoms with Crippen LogP contribution in [-0.2, 0) is 6.42 Å². The first-order valence-electron chi connectivity index (χ1n) is 6.07. The van der Waals surface area contributed by atoms with Gasteiger partial charge < -0.3 is 20.3 Å². The second-order valence-electron chi connectivity index (χ2n) is 4.10. The average Bonchev–Trinajstić information content (AvgIpc) is 2.37. The van der Waals surface area contributed by atoms with Crippen LogP contribution in [0.15, 0.2) is 12.1 Å². The summed E-state index contributed by atoms with van der Waals surface area (Å²) in [4.78, 5) is 0. The lowest BCUT2D eigenvalue weighted by molar-refractivity contribution is 0.158. The quantitative estimate of drug-likeness (QED) is 0.831. The Hall–Kier alpha value is -1.26. The van der Waals surface area contributed by atoms with Gasteiger partial charge in [0.05, 0.1) is 6.10 Å². The summed E-state index contributed by atoms with van der Waals surface area (Å²) in [5.74, 6) is 1.56. The Morgan fingerprint density at radius 2 is 2.12 bits per heavy atom. The number of ether oxygens (including phenoxy) is 2. The molecule has 4 nitrogen and oxygen atoms in total. The number of hydrogen-bond acceptors (Lipinski definition) is 4. The van der Waals surface area contributed by atoms with Gasteiger partial charge in [0.2, 0.25) is 0 Å². The molecule has 0 aromatic heterocycles. The molecule has 1 heterocycles. The third-order valence-corrected chi connectivity index (χ3v) is 3.00. The van der Waals surface area contributed by atoms with Gasteiger partial charge in [-0.2, -0.15) is 0 Å². The molecule has 0 radical (unpaired) electrons. The Bertz CT molecular complexity index is 392. The van der Waals surface area contributed by atoms with E-state index >= 15 is 0 Å².